The van der Waals surface area contributed by atoms with Crippen LogP contribution in [0.1, 0.15) is 6.92 Å². The minimum Gasteiger partial charge on any atom is -0.480 e. The smallest absolute Gasteiger partial charge is 0.327 e. The first kappa shape index (κ1) is 14.4. The van der Waals surface area contributed by atoms with Crippen LogP contribution in [0, 0.1) is 0 Å². The van der Waals surface area contributed by atoms with Crippen molar-refractivity contribution in [2.45, 2.75) is 24.4 Å². The number of carboxylic acid groups (broad SMARTS) is 1. The first-order valence-corrected chi connectivity index (χ1v) is 7.23. The van der Waals surface area contributed by atoms with E-state index in [1.165, 1.54) is 21.6 Å². The first-order valence-electron chi connectivity index (χ1n) is 6.18. The Bertz CT molecular complexity index is 367. The van der Waals surface area contributed by atoms with Gasteiger partial charge in [0.25, 0.3) is 0 Å². The summed E-state index contributed by atoms with van der Waals surface area (Å²) in [5.41, 5.74) is 0. The van der Waals surface area contributed by atoms with Crippen molar-refractivity contribution >= 4 is 23.8 Å². The summed E-state index contributed by atoms with van der Waals surface area (Å²) in [7, 11) is 0. The Morgan fingerprint density at radius 3 is 2.84 bits per heavy atom. The highest BCUT2D eigenvalue weighted by atomic mass is 32.2. The van der Waals surface area contributed by atoms with E-state index >= 15 is 0 Å². The fourth-order valence-corrected chi connectivity index (χ4v) is 3.49. The van der Waals surface area contributed by atoms with E-state index in [4.69, 9.17) is 4.74 Å². The average Bonchev–Trinajstić information content (AvgIpc) is 2.80. The van der Waals surface area contributed by atoms with Gasteiger partial charge in [0.1, 0.15) is 6.04 Å². The fraction of sp³-hybridized carbons (Fsp3) is 0.818. The van der Waals surface area contributed by atoms with Gasteiger partial charge in [-0.1, -0.05) is 0 Å². The summed E-state index contributed by atoms with van der Waals surface area (Å²) < 4.78 is 5.22. The number of ether oxygens (including phenoxy) is 1. The Hall–Kier alpha value is -0.990. The summed E-state index contributed by atoms with van der Waals surface area (Å²) in [4.78, 5) is 26.6. The maximum absolute atomic E-state index is 12.5. The van der Waals surface area contributed by atoms with Crippen LogP contribution in [-0.4, -0.2) is 81.6 Å². The Kier molecular flexibility index (Phi) is 4.54. The summed E-state index contributed by atoms with van der Waals surface area (Å²) in [5.74, 6) is -0.588. The van der Waals surface area contributed by atoms with Gasteiger partial charge in [0, 0.05) is 12.3 Å². The predicted molar refractivity (Wildman–Crippen MR) is 69.0 cm³/mol. The third-order valence-electron chi connectivity index (χ3n) is 3.41. The Morgan fingerprint density at radius 2 is 2.21 bits per heavy atom. The van der Waals surface area contributed by atoms with Gasteiger partial charge >= 0.3 is 12.0 Å². The number of carbonyl (C=O) groups excluding carboxylic acids is 1. The van der Waals surface area contributed by atoms with Crippen LogP contribution < -0.4 is 0 Å². The monoisotopic (exact) mass is 290 g/mol. The second kappa shape index (κ2) is 5.98. The summed E-state index contributed by atoms with van der Waals surface area (Å²) in [6, 6.07) is -1.52. The third-order valence-corrected chi connectivity index (χ3v) is 4.63. The molecular formula is C11H18N2O5S. The normalized spacial score (nSPS) is 31.6. The largest absolute Gasteiger partial charge is 0.480 e. The molecule has 0 aliphatic carbocycles. The minimum absolute atomic E-state index is 0.171. The van der Waals surface area contributed by atoms with E-state index < -0.39 is 18.1 Å². The SMILES string of the molecule is CC1SCC(C(=O)O)N1C(=O)N1CCOCC1CO. The van der Waals surface area contributed by atoms with Crippen LogP contribution in [0.3, 0.4) is 0 Å². The zero-order chi connectivity index (χ0) is 14.0. The van der Waals surface area contributed by atoms with Crippen molar-refractivity contribution in [1.82, 2.24) is 9.80 Å². The second-order valence-electron chi connectivity index (χ2n) is 4.58. The van der Waals surface area contributed by atoms with E-state index in [9.17, 15) is 19.8 Å². The van der Waals surface area contributed by atoms with Crippen molar-refractivity contribution in [2.75, 3.05) is 32.1 Å². The summed E-state index contributed by atoms with van der Waals surface area (Å²) in [5, 5.41) is 18.3. The summed E-state index contributed by atoms with van der Waals surface area (Å²) >= 11 is 1.45. The zero-order valence-electron chi connectivity index (χ0n) is 10.7. The van der Waals surface area contributed by atoms with E-state index in [2.05, 4.69) is 0 Å². The van der Waals surface area contributed by atoms with Crippen LogP contribution in [0.4, 0.5) is 4.79 Å². The Balaban J connectivity index is 2.14. The molecular weight excluding hydrogens is 272 g/mol. The predicted octanol–water partition coefficient (Wildman–Crippen LogP) is -0.352. The van der Waals surface area contributed by atoms with Crippen LogP contribution in [-0.2, 0) is 9.53 Å². The van der Waals surface area contributed by atoms with E-state index in [-0.39, 0.29) is 24.6 Å². The number of aliphatic carboxylic acids is 1. The highest BCUT2D eigenvalue weighted by Crippen LogP contribution is 2.30. The van der Waals surface area contributed by atoms with Gasteiger partial charge in [-0.05, 0) is 6.92 Å². The van der Waals surface area contributed by atoms with Crippen molar-refractivity contribution in [1.29, 1.82) is 0 Å². The number of carboxylic acids is 1. The molecule has 19 heavy (non-hydrogen) atoms. The number of morpholine rings is 1. The lowest BCUT2D eigenvalue weighted by Gasteiger charge is -2.38. The third kappa shape index (κ3) is 2.80. The molecule has 2 saturated heterocycles. The van der Waals surface area contributed by atoms with Crippen molar-refractivity contribution in [3.05, 3.63) is 0 Å². The average molecular weight is 290 g/mol. The molecule has 0 spiro atoms. The molecule has 2 heterocycles. The fourth-order valence-electron chi connectivity index (χ4n) is 2.33. The molecule has 2 fully saturated rings. The van der Waals surface area contributed by atoms with E-state index in [1.807, 2.05) is 6.92 Å². The first-order chi connectivity index (χ1) is 9.06. The van der Waals surface area contributed by atoms with Gasteiger partial charge in [0.05, 0.1) is 31.2 Å². The lowest BCUT2D eigenvalue weighted by Crippen LogP contribution is -2.58. The van der Waals surface area contributed by atoms with Crippen LogP contribution in [0.2, 0.25) is 0 Å². The second-order valence-corrected chi connectivity index (χ2v) is 5.93. The molecule has 0 saturated carbocycles. The molecule has 0 aromatic heterocycles. The molecule has 2 rings (SSSR count). The Labute approximate surface area is 115 Å². The van der Waals surface area contributed by atoms with Crippen molar-refractivity contribution < 1.29 is 24.5 Å². The maximum atomic E-state index is 12.5. The molecule has 108 valence electrons. The molecule has 3 atom stereocenters. The number of urea groups is 1. The molecule has 2 N–H and O–H groups in total. The lowest BCUT2D eigenvalue weighted by atomic mass is 10.2. The standard InChI is InChI=1S/C11H18N2O5S/c1-7-13(9(6-19-7)10(15)16)11(17)12-2-3-18-5-8(12)4-14/h7-9,14H,2-6H2,1H3,(H,15,16). The van der Waals surface area contributed by atoms with Crippen molar-refractivity contribution in [3.63, 3.8) is 0 Å². The molecule has 8 heteroatoms. The number of thioether (sulfide) groups is 1. The Morgan fingerprint density at radius 1 is 1.47 bits per heavy atom. The van der Waals surface area contributed by atoms with Gasteiger partial charge in [-0.2, -0.15) is 0 Å². The molecule has 2 aliphatic rings. The van der Waals surface area contributed by atoms with Gasteiger partial charge in [-0.25, -0.2) is 9.59 Å². The molecule has 7 nitrogen and oxygen atoms in total. The molecule has 3 unspecified atom stereocenters. The number of nitrogens with zero attached hydrogens (tertiary/aromatic N) is 2. The topological polar surface area (TPSA) is 90.3 Å². The van der Waals surface area contributed by atoms with Gasteiger partial charge in [0.2, 0.25) is 0 Å². The number of hydrogen-bond donors (Lipinski definition) is 2. The molecule has 0 radical (unpaired) electrons. The molecule has 0 aromatic carbocycles. The maximum Gasteiger partial charge on any atom is 0.327 e. The molecule has 0 aromatic rings. The van der Waals surface area contributed by atoms with Gasteiger partial charge in [-0.3, -0.25) is 4.90 Å². The number of aliphatic hydroxyl groups excluding tert-OH is 1. The van der Waals surface area contributed by atoms with E-state index in [1.54, 1.807) is 0 Å². The molecule has 0 bridgehead atoms. The number of hydrogen-bond acceptors (Lipinski definition) is 5. The van der Waals surface area contributed by atoms with Crippen LogP contribution in [0.15, 0.2) is 0 Å². The highest BCUT2D eigenvalue weighted by Gasteiger charge is 2.43. The lowest BCUT2D eigenvalue weighted by molar-refractivity contribution is -0.141. The number of aliphatic hydroxyl groups is 1. The number of amides is 2. The molecule has 2 amide bonds. The summed E-state index contributed by atoms with van der Waals surface area (Å²) in [6.45, 7) is 2.72. The quantitative estimate of drug-likeness (QED) is 0.722. The zero-order valence-corrected chi connectivity index (χ0v) is 11.5. The van der Waals surface area contributed by atoms with Gasteiger partial charge in [0.15, 0.2) is 0 Å². The molecule has 2 aliphatic heterocycles. The number of rotatable bonds is 2. The number of carbonyl (C=O) groups is 2. The highest BCUT2D eigenvalue weighted by molar-refractivity contribution is 8.00. The van der Waals surface area contributed by atoms with Gasteiger partial charge in [-0.15, -0.1) is 11.8 Å². The van der Waals surface area contributed by atoms with Crippen molar-refractivity contribution in [3.8, 4) is 0 Å². The van der Waals surface area contributed by atoms with Crippen LogP contribution in [0.25, 0.3) is 0 Å². The van der Waals surface area contributed by atoms with E-state index in [0.29, 0.717) is 18.9 Å². The van der Waals surface area contributed by atoms with Crippen molar-refractivity contribution in [2.24, 2.45) is 0 Å². The van der Waals surface area contributed by atoms with Crippen LogP contribution >= 0.6 is 11.8 Å². The minimum atomic E-state index is -0.987. The summed E-state index contributed by atoms with van der Waals surface area (Å²) in [6.07, 6.45) is 0. The van der Waals surface area contributed by atoms with E-state index in [0.717, 1.165) is 0 Å². The van der Waals surface area contributed by atoms with Crippen LogP contribution in [0.5, 0.6) is 0 Å². The van der Waals surface area contributed by atoms with Gasteiger partial charge < -0.3 is 19.8 Å².